The van der Waals surface area contributed by atoms with Crippen molar-refractivity contribution in [3.8, 4) is 0 Å². The third-order valence-corrected chi connectivity index (χ3v) is 3.87. The number of hydrogen-bond acceptors (Lipinski definition) is 5. The predicted octanol–water partition coefficient (Wildman–Crippen LogP) is 1.60. The van der Waals surface area contributed by atoms with E-state index in [-0.39, 0.29) is 23.8 Å². The molecule has 106 valence electrons. The van der Waals surface area contributed by atoms with Crippen molar-refractivity contribution in [2.75, 3.05) is 6.54 Å². The van der Waals surface area contributed by atoms with Gasteiger partial charge in [0.25, 0.3) is 5.91 Å². The zero-order valence-corrected chi connectivity index (χ0v) is 11.3. The molecule has 1 aliphatic rings. The molecule has 6 heteroatoms. The summed E-state index contributed by atoms with van der Waals surface area (Å²) >= 11 is 0. The van der Waals surface area contributed by atoms with Crippen LogP contribution in [0.1, 0.15) is 36.7 Å². The van der Waals surface area contributed by atoms with Gasteiger partial charge in [0.2, 0.25) is 11.4 Å². The van der Waals surface area contributed by atoms with E-state index in [2.05, 4.69) is 10.1 Å². The Morgan fingerprint density at radius 2 is 2.45 bits per heavy atom. The summed E-state index contributed by atoms with van der Waals surface area (Å²) in [7, 11) is 0. The van der Waals surface area contributed by atoms with Gasteiger partial charge in [-0.3, -0.25) is 4.79 Å². The molecule has 0 saturated carbocycles. The van der Waals surface area contributed by atoms with E-state index in [0.29, 0.717) is 30.4 Å². The molecule has 0 spiro atoms. The maximum absolute atomic E-state index is 12.6. The van der Waals surface area contributed by atoms with E-state index >= 15 is 0 Å². The van der Waals surface area contributed by atoms with E-state index < -0.39 is 0 Å². The highest BCUT2D eigenvalue weighted by atomic mass is 16.5. The number of hydrogen-bond donors (Lipinski definition) is 1. The molecule has 0 radical (unpaired) electrons. The number of amides is 1. The molecular formula is C14H17N3O3. The van der Waals surface area contributed by atoms with Gasteiger partial charge in [-0.25, -0.2) is 4.98 Å². The summed E-state index contributed by atoms with van der Waals surface area (Å²) in [5, 5.41) is 14.2. The Balaban J connectivity index is 1.91. The molecule has 0 aliphatic carbocycles. The van der Waals surface area contributed by atoms with Gasteiger partial charge < -0.3 is 14.5 Å². The number of pyridine rings is 1. The quantitative estimate of drug-likeness (QED) is 0.900. The van der Waals surface area contributed by atoms with E-state index in [9.17, 15) is 9.90 Å². The summed E-state index contributed by atoms with van der Waals surface area (Å²) in [6.45, 7) is 2.56. The summed E-state index contributed by atoms with van der Waals surface area (Å²) in [5.74, 6) is 0.0715. The number of likely N-dealkylation sites (tertiary alicyclic amines) is 1. The van der Waals surface area contributed by atoms with Gasteiger partial charge in [-0.1, -0.05) is 12.1 Å². The van der Waals surface area contributed by atoms with Crippen LogP contribution in [0.2, 0.25) is 0 Å². The molecule has 6 nitrogen and oxygen atoms in total. The van der Waals surface area contributed by atoms with Crippen LogP contribution in [0.4, 0.5) is 0 Å². The molecule has 1 fully saturated rings. The molecule has 2 aromatic heterocycles. The first kappa shape index (κ1) is 13.1. The van der Waals surface area contributed by atoms with Crippen LogP contribution in [-0.2, 0) is 0 Å². The van der Waals surface area contributed by atoms with Gasteiger partial charge in [0.05, 0.1) is 11.5 Å². The summed E-state index contributed by atoms with van der Waals surface area (Å²) < 4.78 is 5.18. The van der Waals surface area contributed by atoms with Crippen LogP contribution in [0.25, 0.3) is 11.0 Å². The summed E-state index contributed by atoms with van der Waals surface area (Å²) in [6.07, 6.45) is 3.33. The number of carbonyl (C=O) groups is 1. The SMILES string of the molecule is CC[C@H]1C[C@@H](O)CCN1C(=O)c1onc2ncccc12. The molecule has 1 saturated heterocycles. The highest BCUT2D eigenvalue weighted by molar-refractivity contribution is 6.02. The van der Waals surface area contributed by atoms with E-state index in [1.54, 1.807) is 23.2 Å². The van der Waals surface area contributed by atoms with Crippen LogP contribution in [0.15, 0.2) is 22.9 Å². The fourth-order valence-corrected chi connectivity index (χ4v) is 2.75. The van der Waals surface area contributed by atoms with Crippen LogP contribution in [-0.4, -0.2) is 44.7 Å². The summed E-state index contributed by atoms with van der Waals surface area (Å²) in [6, 6.07) is 3.59. The minimum Gasteiger partial charge on any atom is -0.393 e. The van der Waals surface area contributed by atoms with Crippen LogP contribution in [0, 0.1) is 0 Å². The Bertz CT molecular complexity index is 625. The Hall–Kier alpha value is -1.95. The molecule has 0 unspecified atom stereocenters. The summed E-state index contributed by atoms with van der Waals surface area (Å²) in [5.41, 5.74) is 0.445. The smallest absolute Gasteiger partial charge is 0.293 e. The lowest BCUT2D eigenvalue weighted by atomic mass is 9.97. The van der Waals surface area contributed by atoms with Crippen molar-refractivity contribution >= 4 is 16.9 Å². The Kier molecular flexibility index (Phi) is 3.40. The van der Waals surface area contributed by atoms with Crippen molar-refractivity contribution in [1.82, 2.24) is 15.0 Å². The van der Waals surface area contributed by atoms with Crippen molar-refractivity contribution in [2.24, 2.45) is 0 Å². The standard InChI is InChI=1S/C14H17N3O3/c1-2-9-8-10(18)5-7-17(9)14(19)12-11-4-3-6-15-13(11)16-20-12/h3-4,6,9-10,18H,2,5,7-8H2,1H3/t9-,10-/m0/s1. The van der Waals surface area contributed by atoms with Crippen LogP contribution in [0.3, 0.4) is 0 Å². The number of rotatable bonds is 2. The monoisotopic (exact) mass is 275 g/mol. The average molecular weight is 275 g/mol. The lowest BCUT2D eigenvalue weighted by molar-refractivity contribution is 0.0288. The third kappa shape index (κ3) is 2.16. The number of aliphatic hydroxyl groups is 1. The number of aromatic nitrogens is 2. The molecule has 0 bridgehead atoms. The maximum Gasteiger partial charge on any atom is 0.293 e. The predicted molar refractivity (Wildman–Crippen MR) is 72.2 cm³/mol. The molecule has 0 aromatic carbocycles. The Labute approximate surface area is 116 Å². The first-order valence-corrected chi connectivity index (χ1v) is 6.90. The molecular weight excluding hydrogens is 258 g/mol. The lowest BCUT2D eigenvalue weighted by Crippen LogP contribution is -2.47. The second kappa shape index (κ2) is 5.20. The van der Waals surface area contributed by atoms with Crippen molar-refractivity contribution in [3.05, 3.63) is 24.1 Å². The van der Waals surface area contributed by atoms with E-state index in [1.807, 2.05) is 6.92 Å². The first-order valence-electron chi connectivity index (χ1n) is 6.90. The largest absolute Gasteiger partial charge is 0.393 e. The minimum atomic E-state index is -0.322. The van der Waals surface area contributed by atoms with E-state index in [4.69, 9.17) is 4.52 Å². The Morgan fingerprint density at radius 1 is 1.60 bits per heavy atom. The van der Waals surface area contributed by atoms with Crippen LogP contribution >= 0.6 is 0 Å². The van der Waals surface area contributed by atoms with Crippen molar-refractivity contribution in [2.45, 2.75) is 38.3 Å². The van der Waals surface area contributed by atoms with Gasteiger partial charge in [0.1, 0.15) is 0 Å². The van der Waals surface area contributed by atoms with Gasteiger partial charge in [0, 0.05) is 18.8 Å². The fraction of sp³-hybridized carbons (Fsp3) is 0.500. The number of piperidine rings is 1. The fourth-order valence-electron chi connectivity index (χ4n) is 2.75. The van der Waals surface area contributed by atoms with E-state index in [1.165, 1.54) is 0 Å². The highest BCUT2D eigenvalue weighted by Gasteiger charge is 2.32. The second-order valence-corrected chi connectivity index (χ2v) is 5.13. The summed E-state index contributed by atoms with van der Waals surface area (Å²) in [4.78, 5) is 18.5. The van der Waals surface area contributed by atoms with Gasteiger partial charge >= 0.3 is 0 Å². The minimum absolute atomic E-state index is 0.0445. The zero-order chi connectivity index (χ0) is 14.1. The molecule has 1 amide bonds. The van der Waals surface area contributed by atoms with Gasteiger partial charge in [-0.2, -0.15) is 0 Å². The average Bonchev–Trinajstić information content (AvgIpc) is 2.90. The van der Waals surface area contributed by atoms with Gasteiger partial charge in [0.15, 0.2) is 0 Å². The number of carbonyl (C=O) groups excluding carboxylic acids is 1. The molecule has 20 heavy (non-hydrogen) atoms. The lowest BCUT2D eigenvalue weighted by Gasteiger charge is -2.36. The molecule has 1 N–H and O–H groups in total. The van der Waals surface area contributed by atoms with Gasteiger partial charge in [-0.05, 0) is 31.4 Å². The van der Waals surface area contributed by atoms with Gasteiger partial charge in [-0.15, -0.1) is 0 Å². The van der Waals surface area contributed by atoms with Crippen molar-refractivity contribution < 1.29 is 14.4 Å². The maximum atomic E-state index is 12.6. The molecule has 3 heterocycles. The first-order chi connectivity index (χ1) is 9.70. The number of aliphatic hydroxyl groups excluding tert-OH is 1. The van der Waals surface area contributed by atoms with Crippen molar-refractivity contribution in [1.29, 1.82) is 0 Å². The number of fused-ring (bicyclic) bond motifs is 1. The molecule has 2 aromatic rings. The van der Waals surface area contributed by atoms with Crippen LogP contribution in [0.5, 0.6) is 0 Å². The number of nitrogens with zero attached hydrogens (tertiary/aromatic N) is 3. The van der Waals surface area contributed by atoms with Crippen LogP contribution < -0.4 is 0 Å². The second-order valence-electron chi connectivity index (χ2n) is 5.13. The Morgan fingerprint density at radius 3 is 3.25 bits per heavy atom. The van der Waals surface area contributed by atoms with E-state index in [0.717, 1.165) is 6.42 Å². The zero-order valence-electron chi connectivity index (χ0n) is 11.3. The normalized spacial score (nSPS) is 23.2. The molecule has 1 aliphatic heterocycles. The molecule has 3 rings (SSSR count). The topological polar surface area (TPSA) is 79.5 Å². The molecule has 2 atom stereocenters. The van der Waals surface area contributed by atoms with Crippen molar-refractivity contribution in [3.63, 3.8) is 0 Å². The third-order valence-electron chi connectivity index (χ3n) is 3.87. The highest BCUT2D eigenvalue weighted by Crippen LogP contribution is 2.25.